The molecule has 4 aliphatic heterocycles. The molecule has 268 valence electrons. The van der Waals surface area contributed by atoms with Gasteiger partial charge in [0.05, 0.1) is 12.2 Å². The third-order valence-electron chi connectivity index (χ3n) is 18.4. The average molecular weight is 675 g/mol. The van der Waals surface area contributed by atoms with Crippen molar-refractivity contribution in [3.8, 4) is 0 Å². The first-order valence-electron chi connectivity index (χ1n) is 22.7. The van der Waals surface area contributed by atoms with E-state index in [0.717, 1.165) is 94.1 Å². The Morgan fingerprint density at radius 2 is 0.833 bits per heavy atom. The second kappa shape index (κ2) is 13.0. The molecule has 0 aromatic rings. The molecule has 12 rings (SSSR count). The maximum atomic E-state index is 6.81. The topological polar surface area (TPSA) is 15.7 Å². The van der Waals surface area contributed by atoms with Crippen molar-refractivity contribution < 1.29 is 4.74 Å². The van der Waals surface area contributed by atoms with Crippen LogP contribution in [0.4, 0.5) is 0 Å². The van der Waals surface area contributed by atoms with E-state index in [4.69, 9.17) is 4.74 Å². The van der Waals surface area contributed by atoms with Crippen molar-refractivity contribution in [2.75, 3.05) is 0 Å². The van der Waals surface area contributed by atoms with Gasteiger partial charge in [-0.2, -0.15) is 11.8 Å². The van der Waals surface area contributed by atoms with Gasteiger partial charge < -0.3 is 4.74 Å². The molecule has 3 nitrogen and oxygen atoms in total. The highest BCUT2D eigenvalue weighted by atomic mass is 32.2. The summed E-state index contributed by atoms with van der Waals surface area (Å²) in [5.41, 5.74) is 0. The highest BCUT2D eigenvalue weighted by Gasteiger charge is 2.62. The summed E-state index contributed by atoms with van der Waals surface area (Å²) in [6.45, 7) is 0. The summed E-state index contributed by atoms with van der Waals surface area (Å²) in [6.07, 6.45) is 40.5. The molecular weight excluding hydrogens is 605 g/mol. The van der Waals surface area contributed by atoms with E-state index < -0.39 is 0 Å². The van der Waals surface area contributed by atoms with Gasteiger partial charge in [-0.1, -0.05) is 89.9 Å². The second-order valence-electron chi connectivity index (χ2n) is 20.1. The van der Waals surface area contributed by atoms with Gasteiger partial charge in [-0.3, -0.25) is 9.80 Å². The van der Waals surface area contributed by atoms with Gasteiger partial charge in [0, 0.05) is 46.8 Å². The van der Waals surface area contributed by atoms with Gasteiger partial charge in [-0.25, -0.2) is 0 Å². The zero-order chi connectivity index (χ0) is 31.3. The van der Waals surface area contributed by atoms with Crippen molar-refractivity contribution in [2.45, 2.75) is 226 Å². The Balaban J connectivity index is 0.000000117. The minimum absolute atomic E-state index is 0.583. The molecule has 0 N–H and O–H groups in total. The first-order valence-corrected chi connectivity index (χ1v) is 23.6. The SMILES string of the molecule is C1CCC2C(C1)OC1CCCC3C4CCCC5CCCC(C54)N2C13.C1CCC2C(C1)SC1CCCC3C4CCCC5CCCC(C54)N2C13. The molecule has 18 unspecified atom stereocenters. The summed E-state index contributed by atoms with van der Waals surface area (Å²) in [6, 6.07) is 5.49. The highest BCUT2D eigenvalue weighted by Crippen LogP contribution is 2.61. The summed E-state index contributed by atoms with van der Waals surface area (Å²) in [5, 5.41) is 2.01. The Kier molecular flexibility index (Phi) is 8.57. The smallest absolute Gasteiger partial charge is 0.0737 e. The number of thioether (sulfide) groups is 1. The summed E-state index contributed by atoms with van der Waals surface area (Å²) >= 11 is 2.49. The lowest BCUT2D eigenvalue weighted by atomic mass is 9.53. The third-order valence-corrected chi connectivity index (χ3v) is 20.2. The minimum atomic E-state index is 0.583. The number of ether oxygens (including phenoxy) is 1. The predicted octanol–water partition coefficient (Wildman–Crippen LogP) is 10.2. The van der Waals surface area contributed by atoms with Crippen molar-refractivity contribution in [3.63, 3.8) is 0 Å². The average Bonchev–Trinajstić information content (AvgIpc) is 3.15. The molecule has 8 aliphatic carbocycles. The van der Waals surface area contributed by atoms with Crippen LogP contribution in [0.3, 0.4) is 0 Å². The number of morpholine rings is 1. The van der Waals surface area contributed by atoms with E-state index in [0.29, 0.717) is 12.2 Å². The van der Waals surface area contributed by atoms with Crippen LogP contribution in [0.15, 0.2) is 0 Å². The number of hydrogen-bond acceptors (Lipinski definition) is 4. The zero-order valence-corrected chi connectivity index (χ0v) is 31.3. The summed E-state index contributed by atoms with van der Waals surface area (Å²) in [5.74, 6) is 8.61. The van der Waals surface area contributed by atoms with Gasteiger partial charge in [0.1, 0.15) is 0 Å². The summed E-state index contributed by atoms with van der Waals surface area (Å²) in [4.78, 5) is 6.44. The molecule has 0 spiro atoms. The molecule has 0 aromatic heterocycles. The molecule has 12 aliphatic rings. The number of rotatable bonds is 0. The number of hydrogen-bond donors (Lipinski definition) is 0. The van der Waals surface area contributed by atoms with Crippen LogP contribution in [0.1, 0.15) is 167 Å². The van der Waals surface area contributed by atoms with Crippen LogP contribution in [0.2, 0.25) is 0 Å². The fourth-order valence-corrected chi connectivity index (χ4v) is 19.2. The van der Waals surface area contributed by atoms with Gasteiger partial charge in [0.2, 0.25) is 0 Å². The highest BCUT2D eigenvalue weighted by molar-refractivity contribution is 8.00. The van der Waals surface area contributed by atoms with Crippen LogP contribution >= 0.6 is 11.8 Å². The van der Waals surface area contributed by atoms with Crippen LogP contribution in [0.25, 0.3) is 0 Å². The predicted molar refractivity (Wildman–Crippen MR) is 198 cm³/mol. The lowest BCUT2D eigenvalue weighted by molar-refractivity contribution is -0.247. The van der Waals surface area contributed by atoms with Gasteiger partial charge in [0.15, 0.2) is 0 Å². The zero-order valence-electron chi connectivity index (χ0n) is 30.5. The second-order valence-corrected chi connectivity index (χ2v) is 21.5. The Labute approximate surface area is 298 Å². The van der Waals surface area contributed by atoms with E-state index >= 15 is 0 Å². The largest absolute Gasteiger partial charge is 0.372 e. The normalized spacial score (nSPS) is 56.8. The lowest BCUT2D eigenvalue weighted by Crippen LogP contribution is -2.73. The monoisotopic (exact) mass is 675 g/mol. The van der Waals surface area contributed by atoms with Crippen LogP contribution in [0, 0.1) is 47.3 Å². The molecule has 12 fully saturated rings. The number of piperidine rings is 2. The fourth-order valence-electron chi connectivity index (χ4n) is 17.2. The van der Waals surface area contributed by atoms with Crippen molar-refractivity contribution in [1.29, 1.82) is 0 Å². The van der Waals surface area contributed by atoms with Crippen molar-refractivity contribution in [2.24, 2.45) is 47.3 Å². The molecule has 0 aromatic carbocycles. The Hall–Kier alpha value is 0.230. The number of nitrogens with zero attached hydrogens (tertiary/aromatic N) is 2. The Bertz CT molecular complexity index is 1070. The quantitative estimate of drug-likeness (QED) is 0.254. The molecule has 4 heterocycles. The molecule has 0 radical (unpaired) electrons. The van der Waals surface area contributed by atoms with Crippen LogP contribution in [-0.2, 0) is 4.74 Å². The van der Waals surface area contributed by atoms with Crippen LogP contribution in [0.5, 0.6) is 0 Å². The first-order chi connectivity index (χ1) is 23.8. The molecule has 0 amide bonds. The molecule has 4 saturated heterocycles. The lowest BCUT2D eigenvalue weighted by Gasteiger charge is -2.67. The summed E-state index contributed by atoms with van der Waals surface area (Å²) < 4.78 is 6.81. The Morgan fingerprint density at radius 3 is 1.56 bits per heavy atom. The molecule has 18 atom stereocenters. The van der Waals surface area contributed by atoms with Gasteiger partial charge in [-0.05, 0) is 124 Å². The number of fused-ring (bicyclic) bond motifs is 8. The van der Waals surface area contributed by atoms with Gasteiger partial charge in [0.25, 0.3) is 0 Å². The maximum absolute atomic E-state index is 6.81. The van der Waals surface area contributed by atoms with Gasteiger partial charge >= 0.3 is 0 Å². The van der Waals surface area contributed by atoms with Crippen LogP contribution < -0.4 is 0 Å². The first kappa shape index (κ1) is 31.7. The van der Waals surface area contributed by atoms with E-state index in [1.165, 1.54) is 89.9 Å². The maximum Gasteiger partial charge on any atom is 0.0737 e. The van der Waals surface area contributed by atoms with Crippen molar-refractivity contribution in [3.05, 3.63) is 0 Å². The van der Waals surface area contributed by atoms with Crippen molar-refractivity contribution >= 4 is 11.8 Å². The molecule has 4 heteroatoms. The van der Waals surface area contributed by atoms with E-state index in [2.05, 4.69) is 21.6 Å². The summed E-state index contributed by atoms with van der Waals surface area (Å²) in [7, 11) is 0. The van der Waals surface area contributed by atoms with Crippen LogP contribution in [-0.4, -0.2) is 68.8 Å². The van der Waals surface area contributed by atoms with E-state index in [1.54, 1.807) is 77.0 Å². The minimum Gasteiger partial charge on any atom is -0.372 e. The van der Waals surface area contributed by atoms with Crippen molar-refractivity contribution in [1.82, 2.24) is 9.80 Å². The standard InChI is InChI=1S/C22H35NO.C22H35NS/c2*1-2-12-19-17(10-1)23-18-11-4-7-14-6-3-8-15(21(14)18)16-9-5-13-20(24-19)22(16)23/h2*14-22H,1-13H2. The van der Waals surface area contributed by atoms with E-state index in [9.17, 15) is 0 Å². The fraction of sp³-hybridized carbons (Fsp3) is 1.00. The Morgan fingerprint density at radius 1 is 0.354 bits per heavy atom. The van der Waals surface area contributed by atoms with Gasteiger partial charge in [-0.15, -0.1) is 0 Å². The molecule has 0 bridgehead atoms. The molecular formula is C44H70N2OS. The molecule has 48 heavy (non-hydrogen) atoms. The van der Waals surface area contributed by atoms with E-state index in [1.807, 2.05) is 0 Å². The molecule has 8 saturated carbocycles. The third kappa shape index (κ3) is 4.95. The van der Waals surface area contributed by atoms with E-state index in [-0.39, 0.29) is 0 Å².